The Hall–Kier alpha value is -1.74. The molecule has 5 nitrogen and oxygen atoms in total. The van der Waals surface area contributed by atoms with E-state index in [-0.39, 0.29) is 16.7 Å². The minimum atomic E-state index is -4.60. The van der Waals surface area contributed by atoms with Gasteiger partial charge in [0.15, 0.2) is 0 Å². The first-order chi connectivity index (χ1) is 12.4. The molecule has 1 amide bonds. The summed E-state index contributed by atoms with van der Waals surface area (Å²) in [5, 5.41) is 2.37. The molecule has 1 fully saturated rings. The lowest BCUT2D eigenvalue weighted by molar-refractivity contribution is -0.137. The number of amides is 1. The van der Waals surface area contributed by atoms with Gasteiger partial charge in [-0.05, 0) is 78.5 Å². The highest BCUT2D eigenvalue weighted by atomic mass is 19.4. The Balaban J connectivity index is 2.47. The van der Waals surface area contributed by atoms with Crippen molar-refractivity contribution in [3.8, 4) is 0 Å². The zero-order valence-electron chi connectivity index (χ0n) is 17.5. The van der Waals surface area contributed by atoms with Gasteiger partial charge in [0.05, 0.1) is 16.8 Å². The molecule has 1 heterocycles. The number of hydrogen-bond donors (Lipinski definition) is 1. The molecular formula is C19H27BF3NO4. The number of carbonyl (C=O) groups is 1. The van der Waals surface area contributed by atoms with Gasteiger partial charge in [0, 0.05) is 5.69 Å². The van der Waals surface area contributed by atoms with Crippen LogP contribution in [0.1, 0.15) is 59.6 Å². The molecule has 1 saturated heterocycles. The summed E-state index contributed by atoms with van der Waals surface area (Å²) < 4.78 is 57.7. The van der Waals surface area contributed by atoms with Gasteiger partial charge in [0.25, 0.3) is 0 Å². The number of halogens is 3. The monoisotopic (exact) mass is 401 g/mol. The minimum Gasteiger partial charge on any atom is -0.444 e. The zero-order chi connectivity index (χ0) is 21.7. The van der Waals surface area contributed by atoms with E-state index in [2.05, 4.69) is 5.32 Å². The lowest BCUT2D eigenvalue weighted by Crippen LogP contribution is -2.41. The van der Waals surface area contributed by atoms with E-state index in [9.17, 15) is 18.0 Å². The molecule has 0 saturated carbocycles. The molecule has 0 bridgehead atoms. The van der Waals surface area contributed by atoms with E-state index in [4.69, 9.17) is 14.0 Å². The van der Waals surface area contributed by atoms with Gasteiger partial charge in [-0.2, -0.15) is 13.2 Å². The second-order valence-corrected chi connectivity index (χ2v) is 8.95. The maximum Gasteiger partial charge on any atom is 0.495 e. The van der Waals surface area contributed by atoms with Crippen LogP contribution >= 0.6 is 0 Å². The Labute approximate surface area is 164 Å². The van der Waals surface area contributed by atoms with Crippen molar-refractivity contribution in [1.82, 2.24) is 0 Å². The second kappa shape index (κ2) is 6.95. The summed E-state index contributed by atoms with van der Waals surface area (Å²) in [4.78, 5) is 12.0. The third-order valence-electron chi connectivity index (χ3n) is 4.91. The molecule has 28 heavy (non-hydrogen) atoms. The van der Waals surface area contributed by atoms with Crippen LogP contribution in [0.5, 0.6) is 0 Å². The van der Waals surface area contributed by atoms with E-state index in [1.54, 1.807) is 20.8 Å². The van der Waals surface area contributed by atoms with Gasteiger partial charge in [0.2, 0.25) is 0 Å². The Bertz CT molecular complexity index is 754. The molecular weight excluding hydrogens is 374 g/mol. The van der Waals surface area contributed by atoms with Crippen LogP contribution in [0.25, 0.3) is 0 Å². The fourth-order valence-corrected chi connectivity index (χ4v) is 2.74. The van der Waals surface area contributed by atoms with Gasteiger partial charge in [-0.1, -0.05) is 0 Å². The lowest BCUT2D eigenvalue weighted by atomic mass is 9.74. The molecule has 2 rings (SSSR count). The molecule has 0 unspecified atom stereocenters. The lowest BCUT2D eigenvalue weighted by Gasteiger charge is -2.32. The molecule has 0 spiro atoms. The number of benzene rings is 1. The maximum absolute atomic E-state index is 13.6. The highest BCUT2D eigenvalue weighted by Crippen LogP contribution is 2.38. The van der Waals surface area contributed by atoms with E-state index < -0.39 is 41.8 Å². The summed E-state index contributed by atoms with van der Waals surface area (Å²) in [6.07, 6.45) is -5.45. The number of ether oxygens (including phenoxy) is 1. The predicted molar refractivity (Wildman–Crippen MR) is 102 cm³/mol. The molecule has 1 aromatic rings. The zero-order valence-corrected chi connectivity index (χ0v) is 17.5. The van der Waals surface area contributed by atoms with Gasteiger partial charge in [-0.25, -0.2) is 4.79 Å². The van der Waals surface area contributed by atoms with Crippen LogP contribution in [0.4, 0.5) is 23.7 Å². The summed E-state index contributed by atoms with van der Waals surface area (Å²) in [6.45, 7) is 13.6. The molecule has 1 aliphatic rings. The fourth-order valence-electron chi connectivity index (χ4n) is 2.74. The van der Waals surface area contributed by atoms with E-state index in [0.717, 1.165) is 6.07 Å². The van der Waals surface area contributed by atoms with Gasteiger partial charge in [0.1, 0.15) is 5.60 Å². The third kappa shape index (κ3) is 4.81. The normalized spacial score (nSPS) is 18.9. The average molecular weight is 401 g/mol. The van der Waals surface area contributed by atoms with Gasteiger partial charge in [-0.15, -0.1) is 0 Å². The molecule has 0 aliphatic carbocycles. The van der Waals surface area contributed by atoms with E-state index in [1.807, 2.05) is 27.7 Å². The van der Waals surface area contributed by atoms with Crippen molar-refractivity contribution in [2.24, 2.45) is 0 Å². The molecule has 156 valence electrons. The molecule has 1 N–H and O–H groups in total. The molecule has 9 heteroatoms. The SMILES string of the molecule is Cc1c(B2OC(C)(C)C(C)(C)O2)cc(NC(=O)OC(C)(C)C)cc1C(F)(F)F. The molecule has 0 atom stereocenters. The van der Waals surface area contributed by atoms with Crippen molar-refractivity contribution in [2.45, 2.75) is 78.4 Å². The second-order valence-electron chi connectivity index (χ2n) is 8.95. The van der Waals surface area contributed by atoms with Crippen molar-refractivity contribution in [3.05, 3.63) is 23.3 Å². The first-order valence-corrected chi connectivity index (χ1v) is 9.00. The number of rotatable bonds is 2. The van der Waals surface area contributed by atoms with Crippen LogP contribution in [-0.2, 0) is 20.2 Å². The van der Waals surface area contributed by atoms with Crippen LogP contribution in [0, 0.1) is 6.92 Å². The van der Waals surface area contributed by atoms with Crippen LogP contribution < -0.4 is 10.8 Å². The van der Waals surface area contributed by atoms with Crippen LogP contribution in [0.2, 0.25) is 0 Å². The Morgan fingerprint density at radius 1 is 1.07 bits per heavy atom. The standard InChI is InChI=1S/C19H27BF3NO4/c1-11-13(19(21,22)23)9-12(24-15(25)26-16(2,3)4)10-14(11)20-27-17(5,6)18(7,8)28-20/h9-10H,1-8H3,(H,24,25). The smallest absolute Gasteiger partial charge is 0.444 e. The van der Waals surface area contributed by atoms with Gasteiger partial charge >= 0.3 is 19.4 Å². The molecule has 0 radical (unpaired) electrons. The van der Waals surface area contributed by atoms with Crippen LogP contribution in [0.3, 0.4) is 0 Å². The maximum atomic E-state index is 13.6. The van der Waals surface area contributed by atoms with E-state index >= 15 is 0 Å². The average Bonchev–Trinajstić information content (AvgIpc) is 2.65. The van der Waals surface area contributed by atoms with Crippen molar-refractivity contribution in [1.29, 1.82) is 0 Å². The quantitative estimate of drug-likeness (QED) is 0.733. The summed E-state index contributed by atoms with van der Waals surface area (Å²) in [7, 11) is -0.994. The first-order valence-electron chi connectivity index (χ1n) is 9.00. The number of nitrogens with one attached hydrogen (secondary N) is 1. The Kier molecular flexibility index (Phi) is 5.60. The largest absolute Gasteiger partial charge is 0.495 e. The molecule has 1 aliphatic heterocycles. The number of hydrogen-bond acceptors (Lipinski definition) is 4. The highest BCUT2D eigenvalue weighted by Gasteiger charge is 2.52. The van der Waals surface area contributed by atoms with Crippen molar-refractivity contribution in [3.63, 3.8) is 0 Å². The molecule has 1 aromatic carbocycles. The summed E-state index contributed by atoms with van der Waals surface area (Å²) in [5.41, 5.74) is -2.92. The van der Waals surface area contributed by atoms with Crippen LogP contribution in [0.15, 0.2) is 12.1 Å². The van der Waals surface area contributed by atoms with Gasteiger partial charge in [-0.3, -0.25) is 5.32 Å². The fraction of sp³-hybridized carbons (Fsp3) is 0.632. The number of carbonyl (C=O) groups excluding carboxylic acids is 1. The van der Waals surface area contributed by atoms with E-state index in [0.29, 0.717) is 0 Å². The summed E-state index contributed by atoms with van der Waals surface area (Å²) in [6, 6.07) is 2.31. The van der Waals surface area contributed by atoms with Gasteiger partial charge < -0.3 is 14.0 Å². The van der Waals surface area contributed by atoms with Crippen molar-refractivity contribution in [2.75, 3.05) is 5.32 Å². The predicted octanol–water partition coefficient (Wildman–Crippen LogP) is 4.66. The highest BCUT2D eigenvalue weighted by molar-refractivity contribution is 6.62. The van der Waals surface area contributed by atoms with Crippen LogP contribution in [-0.4, -0.2) is 30.0 Å². The first kappa shape index (κ1) is 22.6. The summed E-state index contributed by atoms with van der Waals surface area (Å²) >= 11 is 0. The number of anilines is 1. The Morgan fingerprint density at radius 2 is 1.57 bits per heavy atom. The molecule has 0 aromatic heterocycles. The van der Waals surface area contributed by atoms with Crippen molar-refractivity contribution < 1.29 is 32.0 Å². The van der Waals surface area contributed by atoms with Crippen molar-refractivity contribution >= 4 is 24.4 Å². The summed E-state index contributed by atoms with van der Waals surface area (Å²) in [5.74, 6) is 0. The Morgan fingerprint density at radius 3 is 2.00 bits per heavy atom. The minimum absolute atomic E-state index is 0.0132. The number of alkyl halides is 3. The van der Waals surface area contributed by atoms with E-state index in [1.165, 1.54) is 13.0 Å². The topological polar surface area (TPSA) is 56.8 Å². The third-order valence-corrected chi connectivity index (χ3v) is 4.91.